The number of aliphatic carboxylic acids is 1. The first-order chi connectivity index (χ1) is 15.3. The number of imidazole rings is 1. The standard InChI is InChI=1S/C23H26ClN3O4S/c24-21-8-10-22(11-9-21)32(30,31)26-16-20(2-1-14-27-15-13-25-17-27)19-6-3-18(4-7-19)5-12-23(28)29/h3-4,6-11,13,15,17,20,26H,1-2,5,12,14,16H2,(H,28,29). The molecule has 3 rings (SSSR count). The number of nitrogens with zero attached hydrogens (tertiary/aromatic N) is 2. The van der Waals surface area contributed by atoms with Crippen LogP contribution in [-0.4, -0.2) is 35.6 Å². The van der Waals surface area contributed by atoms with Gasteiger partial charge in [0.15, 0.2) is 0 Å². The van der Waals surface area contributed by atoms with Crippen LogP contribution in [0.1, 0.15) is 36.3 Å². The third-order valence-electron chi connectivity index (χ3n) is 5.25. The maximum absolute atomic E-state index is 12.7. The maximum atomic E-state index is 12.7. The van der Waals surface area contributed by atoms with Gasteiger partial charge in [-0.1, -0.05) is 35.9 Å². The van der Waals surface area contributed by atoms with E-state index in [9.17, 15) is 13.2 Å². The summed E-state index contributed by atoms with van der Waals surface area (Å²) in [6, 6.07) is 13.8. The molecule has 9 heteroatoms. The van der Waals surface area contributed by atoms with Gasteiger partial charge in [0.2, 0.25) is 10.0 Å². The number of hydrogen-bond donors (Lipinski definition) is 2. The number of carboxylic acids is 1. The Morgan fingerprint density at radius 2 is 1.84 bits per heavy atom. The number of nitrogens with one attached hydrogen (secondary N) is 1. The Morgan fingerprint density at radius 1 is 1.12 bits per heavy atom. The first kappa shape index (κ1) is 24.0. The quantitative estimate of drug-likeness (QED) is 0.410. The fourth-order valence-electron chi connectivity index (χ4n) is 3.44. The summed E-state index contributed by atoms with van der Waals surface area (Å²) in [5, 5.41) is 9.35. The molecule has 1 unspecified atom stereocenters. The lowest BCUT2D eigenvalue weighted by Crippen LogP contribution is -2.28. The van der Waals surface area contributed by atoms with Crippen molar-refractivity contribution in [2.45, 2.75) is 43.0 Å². The Hall–Kier alpha value is -2.68. The third-order valence-corrected chi connectivity index (χ3v) is 6.94. The average Bonchev–Trinajstić information content (AvgIpc) is 3.29. The lowest BCUT2D eigenvalue weighted by Gasteiger charge is -2.19. The summed E-state index contributed by atoms with van der Waals surface area (Å²) in [5.41, 5.74) is 1.95. The molecule has 0 aliphatic rings. The molecule has 2 N–H and O–H groups in total. The van der Waals surface area contributed by atoms with Crippen molar-refractivity contribution in [3.8, 4) is 0 Å². The number of hydrogen-bond acceptors (Lipinski definition) is 4. The van der Waals surface area contributed by atoms with Crippen LogP contribution in [0.2, 0.25) is 5.02 Å². The van der Waals surface area contributed by atoms with Gasteiger partial charge in [0.05, 0.1) is 11.2 Å². The van der Waals surface area contributed by atoms with Gasteiger partial charge in [-0.15, -0.1) is 0 Å². The van der Waals surface area contributed by atoms with Crippen molar-refractivity contribution >= 4 is 27.6 Å². The lowest BCUT2D eigenvalue weighted by molar-refractivity contribution is -0.136. The summed E-state index contributed by atoms with van der Waals surface area (Å²) in [5.74, 6) is -0.864. The molecule has 1 heterocycles. The molecule has 32 heavy (non-hydrogen) atoms. The number of rotatable bonds is 12. The van der Waals surface area contributed by atoms with E-state index in [1.54, 1.807) is 24.7 Å². The summed E-state index contributed by atoms with van der Waals surface area (Å²) >= 11 is 5.87. The van der Waals surface area contributed by atoms with Crippen LogP contribution < -0.4 is 4.72 Å². The highest BCUT2D eigenvalue weighted by atomic mass is 35.5. The molecule has 0 bridgehead atoms. The Bertz CT molecular complexity index is 1100. The Balaban J connectivity index is 1.69. The van der Waals surface area contributed by atoms with E-state index in [4.69, 9.17) is 16.7 Å². The zero-order valence-electron chi connectivity index (χ0n) is 17.5. The number of sulfonamides is 1. The van der Waals surface area contributed by atoms with Crippen LogP contribution in [0.3, 0.4) is 0 Å². The molecule has 0 radical (unpaired) electrons. The number of halogens is 1. The van der Waals surface area contributed by atoms with Crippen LogP contribution in [-0.2, 0) is 27.8 Å². The van der Waals surface area contributed by atoms with Crippen molar-refractivity contribution in [1.82, 2.24) is 14.3 Å². The second-order valence-corrected chi connectivity index (χ2v) is 9.78. The van der Waals surface area contributed by atoms with E-state index >= 15 is 0 Å². The topological polar surface area (TPSA) is 101 Å². The normalized spacial score (nSPS) is 12.5. The summed E-state index contributed by atoms with van der Waals surface area (Å²) in [4.78, 5) is 15.0. The van der Waals surface area contributed by atoms with Gasteiger partial charge in [0, 0.05) is 36.9 Å². The van der Waals surface area contributed by atoms with E-state index in [1.807, 2.05) is 35.0 Å². The third kappa shape index (κ3) is 7.19. The molecule has 0 saturated carbocycles. The van der Waals surface area contributed by atoms with Crippen LogP contribution >= 0.6 is 11.6 Å². The van der Waals surface area contributed by atoms with E-state index in [1.165, 1.54) is 12.1 Å². The fourth-order valence-corrected chi connectivity index (χ4v) is 4.65. The minimum Gasteiger partial charge on any atom is -0.481 e. The molecular formula is C23H26ClN3O4S. The number of aryl methyl sites for hydroxylation is 2. The van der Waals surface area contributed by atoms with Crippen molar-refractivity contribution in [2.24, 2.45) is 0 Å². The van der Waals surface area contributed by atoms with Gasteiger partial charge in [-0.3, -0.25) is 4.79 Å². The van der Waals surface area contributed by atoms with E-state index in [2.05, 4.69) is 9.71 Å². The molecule has 0 amide bonds. The van der Waals surface area contributed by atoms with E-state index in [-0.39, 0.29) is 23.8 Å². The molecule has 3 aromatic rings. The molecule has 170 valence electrons. The minimum absolute atomic E-state index is 0.0332. The van der Waals surface area contributed by atoms with E-state index < -0.39 is 16.0 Å². The largest absolute Gasteiger partial charge is 0.481 e. The molecule has 1 aromatic heterocycles. The van der Waals surface area contributed by atoms with Crippen LogP contribution in [0.4, 0.5) is 0 Å². The van der Waals surface area contributed by atoms with Gasteiger partial charge in [-0.25, -0.2) is 18.1 Å². The molecule has 2 aromatic carbocycles. The Labute approximate surface area is 193 Å². The van der Waals surface area contributed by atoms with Crippen molar-refractivity contribution in [3.05, 3.63) is 83.4 Å². The van der Waals surface area contributed by atoms with Crippen molar-refractivity contribution in [1.29, 1.82) is 0 Å². The van der Waals surface area contributed by atoms with Crippen LogP contribution in [0, 0.1) is 0 Å². The number of carbonyl (C=O) groups is 1. The van der Waals surface area contributed by atoms with Crippen molar-refractivity contribution in [2.75, 3.05) is 6.54 Å². The fraction of sp³-hybridized carbons (Fsp3) is 0.304. The molecule has 0 aliphatic carbocycles. The lowest BCUT2D eigenvalue weighted by atomic mass is 9.93. The van der Waals surface area contributed by atoms with Gasteiger partial charge >= 0.3 is 5.97 Å². The molecule has 0 aliphatic heterocycles. The average molecular weight is 476 g/mol. The Kier molecular flexibility index (Phi) is 8.44. The highest BCUT2D eigenvalue weighted by Crippen LogP contribution is 2.23. The van der Waals surface area contributed by atoms with Gasteiger partial charge in [-0.05, 0) is 60.6 Å². The first-order valence-electron chi connectivity index (χ1n) is 10.3. The van der Waals surface area contributed by atoms with Crippen molar-refractivity contribution < 1.29 is 18.3 Å². The molecule has 0 spiro atoms. The molecule has 7 nitrogen and oxygen atoms in total. The summed E-state index contributed by atoms with van der Waals surface area (Å²) < 4.78 is 30.2. The second kappa shape index (κ2) is 11.3. The molecule has 1 atom stereocenters. The monoisotopic (exact) mass is 475 g/mol. The zero-order chi connectivity index (χ0) is 23.0. The summed E-state index contributed by atoms with van der Waals surface area (Å²) in [7, 11) is -3.66. The highest BCUT2D eigenvalue weighted by molar-refractivity contribution is 7.89. The van der Waals surface area contributed by atoms with Gasteiger partial charge < -0.3 is 9.67 Å². The van der Waals surface area contributed by atoms with Crippen LogP contribution in [0.5, 0.6) is 0 Å². The van der Waals surface area contributed by atoms with Crippen LogP contribution in [0.25, 0.3) is 0 Å². The predicted octanol–water partition coefficient (Wildman–Crippen LogP) is 4.10. The second-order valence-electron chi connectivity index (χ2n) is 7.58. The van der Waals surface area contributed by atoms with Crippen molar-refractivity contribution in [3.63, 3.8) is 0 Å². The first-order valence-corrected chi connectivity index (χ1v) is 12.2. The Morgan fingerprint density at radius 3 is 2.47 bits per heavy atom. The molecular weight excluding hydrogens is 450 g/mol. The van der Waals surface area contributed by atoms with Gasteiger partial charge in [0.25, 0.3) is 0 Å². The maximum Gasteiger partial charge on any atom is 0.303 e. The minimum atomic E-state index is -3.66. The number of aromatic nitrogens is 2. The highest BCUT2D eigenvalue weighted by Gasteiger charge is 2.18. The predicted molar refractivity (Wildman–Crippen MR) is 123 cm³/mol. The van der Waals surface area contributed by atoms with E-state index in [0.29, 0.717) is 11.4 Å². The smallest absolute Gasteiger partial charge is 0.303 e. The zero-order valence-corrected chi connectivity index (χ0v) is 19.1. The molecule has 0 fully saturated rings. The number of benzene rings is 2. The van der Waals surface area contributed by atoms with E-state index in [0.717, 1.165) is 30.5 Å². The number of carboxylic acid groups (broad SMARTS) is 1. The van der Waals surface area contributed by atoms with Crippen LogP contribution in [0.15, 0.2) is 72.1 Å². The van der Waals surface area contributed by atoms with Gasteiger partial charge in [0.1, 0.15) is 0 Å². The molecule has 0 saturated heterocycles. The summed E-state index contributed by atoms with van der Waals surface area (Å²) in [6.45, 7) is 1.04. The van der Waals surface area contributed by atoms with Gasteiger partial charge in [-0.2, -0.15) is 0 Å². The summed E-state index contributed by atoms with van der Waals surface area (Å²) in [6.07, 6.45) is 7.55. The SMILES string of the molecule is O=C(O)CCc1ccc(C(CCCn2ccnc2)CNS(=O)(=O)c2ccc(Cl)cc2)cc1.